The molecule has 0 aromatic rings. The van der Waals surface area contributed by atoms with Crippen molar-refractivity contribution in [2.24, 2.45) is 11.1 Å². The zero-order chi connectivity index (χ0) is 10.9. The molecule has 0 spiro atoms. The number of rotatable bonds is 4. The van der Waals surface area contributed by atoms with Gasteiger partial charge in [0.15, 0.2) is 5.34 Å². The van der Waals surface area contributed by atoms with Crippen molar-refractivity contribution in [2.75, 3.05) is 0 Å². The second-order valence-corrected chi connectivity index (χ2v) is 1.96. The normalized spacial score (nSPS) is 10.5. The molecule has 0 heterocycles. The van der Waals surface area contributed by atoms with E-state index in [4.69, 9.17) is 26.1 Å². The summed E-state index contributed by atoms with van der Waals surface area (Å²) >= 11 is 0. The number of carboxylic acid groups (broad SMARTS) is 2. The summed E-state index contributed by atoms with van der Waals surface area (Å²) in [6.07, 6.45) is -0.224. The van der Waals surface area contributed by atoms with Crippen molar-refractivity contribution in [3.05, 3.63) is 4.91 Å². The van der Waals surface area contributed by atoms with Crippen LogP contribution in [0.1, 0.15) is 12.8 Å². The molecule has 8 heteroatoms. The van der Waals surface area contributed by atoms with E-state index in [0.29, 0.717) is 0 Å². The van der Waals surface area contributed by atoms with Crippen molar-refractivity contribution >= 4 is 11.9 Å². The predicted molar refractivity (Wildman–Crippen MR) is 40.1 cm³/mol. The molecule has 5 N–H and O–H groups in total. The maximum atomic E-state index is 9.99. The van der Waals surface area contributed by atoms with E-state index in [0.717, 1.165) is 0 Å². The lowest BCUT2D eigenvalue weighted by atomic mass is 10.2. The highest BCUT2D eigenvalue weighted by molar-refractivity contribution is 5.74. The van der Waals surface area contributed by atoms with Crippen LogP contribution in [0.15, 0.2) is 5.34 Å². The molecule has 1 unspecified atom stereocenters. The molecule has 13 heavy (non-hydrogen) atoms. The second kappa shape index (κ2) is 8.40. The number of carboxylic acids is 2. The van der Waals surface area contributed by atoms with E-state index >= 15 is 0 Å². The van der Waals surface area contributed by atoms with Gasteiger partial charge in [0.25, 0.3) is 0 Å². The number of aliphatic carboxylic acids is 2. The average molecular weight is 194 g/mol. The first-order valence-electron chi connectivity index (χ1n) is 3.12. The monoisotopic (exact) mass is 194 g/mol. The van der Waals surface area contributed by atoms with Crippen LogP contribution in [0.3, 0.4) is 0 Å². The summed E-state index contributed by atoms with van der Waals surface area (Å²) in [4.78, 5) is 28.0. The minimum atomic E-state index is -1.17. The molecule has 0 aliphatic carbocycles. The zero-order valence-electron chi connectivity index (χ0n) is 6.58. The van der Waals surface area contributed by atoms with Gasteiger partial charge in [0.1, 0.15) is 6.04 Å². The van der Waals surface area contributed by atoms with Crippen molar-refractivity contribution < 1.29 is 25.0 Å². The van der Waals surface area contributed by atoms with Gasteiger partial charge in [-0.1, -0.05) is 0 Å². The Hall–Kier alpha value is -1.70. The number of carbonyl (C=O) groups is 2. The summed E-state index contributed by atoms with van der Waals surface area (Å²) in [5, 5.41) is 24.2. The summed E-state index contributed by atoms with van der Waals surface area (Å²) in [6.45, 7) is 0. The molecule has 1 atom stereocenters. The molecule has 0 radical (unpaired) electrons. The third-order valence-corrected chi connectivity index (χ3v) is 0.986. The lowest BCUT2D eigenvalue weighted by molar-refractivity contribution is -0.139. The van der Waals surface area contributed by atoms with Crippen LogP contribution >= 0.6 is 0 Å². The van der Waals surface area contributed by atoms with Gasteiger partial charge < -0.3 is 21.2 Å². The SMILES string of the molecule is NC(CCC(=O)O)C(=O)O.O=NO. The number of hydrogen-bond acceptors (Lipinski definition) is 5. The van der Waals surface area contributed by atoms with Crippen molar-refractivity contribution in [2.45, 2.75) is 18.9 Å². The number of nitrogens with zero attached hydrogens (tertiary/aromatic N) is 1. The largest absolute Gasteiger partial charge is 0.481 e. The average Bonchev–Trinajstić information content (AvgIpc) is 2.01. The lowest BCUT2D eigenvalue weighted by Gasteiger charge is -2.01. The van der Waals surface area contributed by atoms with Crippen LogP contribution in [-0.2, 0) is 9.59 Å². The van der Waals surface area contributed by atoms with Gasteiger partial charge in [0.2, 0.25) is 0 Å². The molecular weight excluding hydrogens is 184 g/mol. The fraction of sp³-hybridized carbons (Fsp3) is 0.600. The summed E-state index contributed by atoms with van der Waals surface area (Å²) in [7, 11) is 0. The third-order valence-electron chi connectivity index (χ3n) is 0.986. The standard InChI is InChI=1S/C5H9NO4.HNO2/c6-3(5(9)10)1-2-4(7)8;2-1-3/h3H,1-2,6H2,(H,7,8)(H,9,10);(H,2,3). The van der Waals surface area contributed by atoms with Gasteiger partial charge in [-0.3, -0.25) is 9.59 Å². The Bertz CT molecular complexity index is 182. The van der Waals surface area contributed by atoms with E-state index < -0.39 is 18.0 Å². The van der Waals surface area contributed by atoms with Gasteiger partial charge in [-0.05, 0) is 6.42 Å². The van der Waals surface area contributed by atoms with Gasteiger partial charge in [-0.25, -0.2) is 0 Å². The van der Waals surface area contributed by atoms with Crippen LogP contribution in [0.4, 0.5) is 0 Å². The van der Waals surface area contributed by atoms with E-state index in [1.807, 2.05) is 0 Å². The maximum Gasteiger partial charge on any atom is 0.320 e. The molecule has 0 aromatic carbocycles. The summed E-state index contributed by atoms with van der Waals surface area (Å²) < 4.78 is 0. The number of hydrogen-bond donors (Lipinski definition) is 4. The molecule has 0 amide bonds. The molecule has 0 aliphatic heterocycles. The van der Waals surface area contributed by atoms with Crippen molar-refractivity contribution in [1.29, 1.82) is 0 Å². The highest BCUT2D eigenvalue weighted by Gasteiger charge is 2.12. The summed E-state index contributed by atoms with van der Waals surface area (Å²) in [6, 6.07) is -1.06. The van der Waals surface area contributed by atoms with Gasteiger partial charge >= 0.3 is 11.9 Å². The second-order valence-electron chi connectivity index (χ2n) is 1.96. The minimum Gasteiger partial charge on any atom is -0.481 e. The van der Waals surface area contributed by atoms with Crippen LogP contribution in [0, 0.1) is 4.91 Å². The topological polar surface area (TPSA) is 150 Å². The molecule has 0 saturated heterocycles. The first-order valence-corrected chi connectivity index (χ1v) is 3.12. The highest BCUT2D eigenvalue weighted by Crippen LogP contribution is 1.93. The van der Waals surface area contributed by atoms with Gasteiger partial charge in [0.05, 0.1) is 0 Å². The smallest absolute Gasteiger partial charge is 0.320 e. The van der Waals surface area contributed by atoms with Gasteiger partial charge in [0, 0.05) is 6.42 Å². The van der Waals surface area contributed by atoms with E-state index in [-0.39, 0.29) is 12.8 Å². The molecule has 0 aromatic heterocycles. The van der Waals surface area contributed by atoms with Crippen molar-refractivity contribution in [3.8, 4) is 0 Å². The Morgan fingerprint density at radius 2 is 1.77 bits per heavy atom. The van der Waals surface area contributed by atoms with Crippen molar-refractivity contribution in [1.82, 2.24) is 0 Å². The Labute approximate surface area is 72.9 Å². The van der Waals surface area contributed by atoms with Crippen LogP contribution in [0.25, 0.3) is 0 Å². The van der Waals surface area contributed by atoms with Crippen LogP contribution in [0.2, 0.25) is 0 Å². The molecule has 0 bridgehead atoms. The van der Waals surface area contributed by atoms with Crippen LogP contribution in [-0.4, -0.2) is 33.4 Å². The maximum absolute atomic E-state index is 9.99. The van der Waals surface area contributed by atoms with E-state index in [9.17, 15) is 9.59 Å². The predicted octanol–water partition coefficient (Wildman–Crippen LogP) is -0.595. The van der Waals surface area contributed by atoms with Crippen LogP contribution in [0.5, 0.6) is 0 Å². The first-order chi connectivity index (χ1) is 5.95. The molecule has 8 nitrogen and oxygen atoms in total. The molecular formula is C5H10N2O6. The first kappa shape index (κ1) is 13.9. The van der Waals surface area contributed by atoms with E-state index in [1.165, 1.54) is 5.34 Å². The summed E-state index contributed by atoms with van der Waals surface area (Å²) in [5.41, 5.74) is 5.00. The fourth-order valence-electron chi connectivity index (χ4n) is 0.402. The Balaban J connectivity index is 0. The molecule has 0 aliphatic rings. The van der Waals surface area contributed by atoms with Gasteiger partial charge in [-0.15, -0.1) is 4.91 Å². The zero-order valence-corrected chi connectivity index (χ0v) is 6.58. The van der Waals surface area contributed by atoms with Gasteiger partial charge in [-0.2, -0.15) is 0 Å². The third kappa shape index (κ3) is 13.3. The highest BCUT2D eigenvalue weighted by atomic mass is 16.6. The minimum absolute atomic E-state index is 0.0231. The van der Waals surface area contributed by atoms with Crippen molar-refractivity contribution in [3.63, 3.8) is 0 Å². The Morgan fingerprint density at radius 1 is 1.38 bits per heavy atom. The Kier molecular flexibility index (Phi) is 8.95. The summed E-state index contributed by atoms with van der Waals surface area (Å²) in [5.74, 6) is -2.20. The fourth-order valence-corrected chi connectivity index (χ4v) is 0.402. The molecule has 0 rings (SSSR count). The molecule has 76 valence electrons. The van der Waals surface area contributed by atoms with Crippen LogP contribution < -0.4 is 5.73 Å². The van der Waals surface area contributed by atoms with E-state index in [1.54, 1.807) is 0 Å². The molecule has 0 fully saturated rings. The lowest BCUT2D eigenvalue weighted by Crippen LogP contribution is -2.30. The quantitative estimate of drug-likeness (QED) is 0.344. The number of nitrogens with two attached hydrogens (primary N) is 1. The van der Waals surface area contributed by atoms with E-state index in [2.05, 4.69) is 0 Å². The Morgan fingerprint density at radius 3 is 2.00 bits per heavy atom. The molecule has 0 saturated carbocycles.